The molecular weight excluding hydrogens is 803 g/mol. The molecule has 0 saturated heterocycles. The van der Waals surface area contributed by atoms with Gasteiger partial charge in [-0.3, -0.25) is 9.13 Å². The average molecular weight is 860 g/mol. The van der Waals surface area contributed by atoms with Crippen LogP contribution in [-0.2, 0) is 5.41 Å². The van der Waals surface area contributed by atoms with E-state index in [1.807, 2.05) is 6.20 Å². The Morgan fingerprint density at radius 3 is 2.02 bits per heavy atom. The van der Waals surface area contributed by atoms with Crippen LogP contribution in [0.25, 0.3) is 99.8 Å². The highest BCUT2D eigenvalue weighted by Gasteiger charge is 2.27. The Hall–Kier alpha value is -7.24. The number of fused-ring (bicyclic) bond motifs is 7. The smallest absolute Gasteiger partial charge is 0.147 e. The van der Waals surface area contributed by atoms with Gasteiger partial charge < -0.3 is 4.98 Å². The summed E-state index contributed by atoms with van der Waals surface area (Å²) in [5, 5.41) is 4.98. The number of nitrogens with one attached hydrogen (secondary N) is 1. The molecule has 0 aliphatic heterocycles. The number of hydrogen-bond donors (Lipinski definition) is 1. The van der Waals surface area contributed by atoms with E-state index in [2.05, 4.69) is 228 Å². The lowest BCUT2D eigenvalue weighted by atomic mass is 9.83. The predicted molar refractivity (Wildman–Crippen MR) is 280 cm³/mol. The molecule has 0 radical (unpaired) electrons. The van der Waals surface area contributed by atoms with Gasteiger partial charge in [-0.15, -0.1) is 0 Å². The van der Waals surface area contributed by atoms with Crippen molar-refractivity contribution in [3.8, 4) is 45.1 Å². The molecule has 66 heavy (non-hydrogen) atoms. The van der Waals surface area contributed by atoms with Crippen LogP contribution in [-0.4, -0.2) is 24.1 Å². The molecule has 326 valence electrons. The van der Waals surface area contributed by atoms with Crippen molar-refractivity contribution in [3.05, 3.63) is 180 Å². The fourth-order valence-electron chi connectivity index (χ4n) is 10.4. The molecule has 0 amide bonds. The van der Waals surface area contributed by atoms with Gasteiger partial charge in [0.05, 0.1) is 27.6 Å². The van der Waals surface area contributed by atoms with Gasteiger partial charge in [-0.05, 0) is 129 Å². The second kappa shape index (κ2) is 15.7. The first-order valence-electron chi connectivity index (χ1n) is 23.7. The molecule has 0 bridgehead atoms. The molecule has 0 atom stereocenters. The number of para-hydroxylation sites is 2. The summed E-state index contributed by atoms with van der Waals surface area (Å²) in [6.07, 6.45) is 1.95. The second-order valence-corrected chi connectivity index (χ2v) is 20.2. The predicted octanol–water partition coefficient (Wildman–Crippen LogP) is 16.8. The summed E-state index contributed by atoms with van der Waals surface area (Å²) in [5.74, 6) is 2.85. The number of rotatable bonds is 8. The second-order valence-electron chi connectivity index (χ2n) is 20.2. The van der Waals surface area contributed by atoms with Gasteiger partial charge in [0.25, 0.3) is 0 Å². The lowest BCUT2D eigenvalue weighted by molar-refractivity contribution is 0.591. The summed E-state index contributed by atoms with van der Waals surface area (Å²) in [4.78, 5) is 14.8. The average Bonchev–Trinajstić information content (AvgIpc) is 4.00. The number of aromatic amines is 1. The molecule has 0 aliphatic carbocycles. The molecule has 5 nitrogen and oxygen atoms in total. The summed E-state index contributed by atoms with van der Waals surface area (Å²) < 4.78 is 4.73. The molecule has 0 spiro atoms. The van der Waals surface area contributed by atoms with E-state index in [0.717, 1.165) is 67.1 Å². The lowest BCUT2D eigenvalue weighted by Crippen LogP contribution is -2.10. The van der Waals surface area contributed by atoms with Gasteiger partial charge in [0, 0.05) is 50.1 Å². The number of hydrogen-bond acceptors (Lipinski definition) is 2. The van der Waals surface area contributed by atoms with E-state index >= 15 is 0 Å². The van der Waals surface area contributed by atoms with Crippen LogP contribution in [0.3, 0.4) is 0 Å². The van der Waals surface area contributed by atoms with Gasteiger partial charge in [-0.25, -0.2) is 9.97 Å². The van der Waals surface area contributed by atoms with E-state index in [0.29, 0.717) is 17.8 Å². The molecule has 11 rings (SSSR count). The Balaban J connectivity index is 1.19. The van der Waals surface area contributed by atoms with Gasteiger partial charge in [0.1, 0.15) is 11.6 Å². The van der Waals surface area contributed by atoms with Gasteiger partial charge in [0.15, 0.2) is 0 Å². The zero-order chi connectivity index (χ0) is 45.6. The molecule has 7 aromatic carbocycles. The molecule has 0 saturated carbocycles. The number of benzene rings is 7. The molecule has 0 unspecified atom stereocenters. The molecule has 11 aromatic rings. The summed E-state index contributed by atoms with van der Waals surface area (Å²) >= 11 is 0. The van der Waals surface area contributed by atoms with Gasteiger partial charge in [-0.1, -0.05) is 147 Å². The highest BCUT2D eigenvalue weighted by molar-refractivity contribution is 6.15. The van der Waals surface area contributed by atoms with Gasteiger partial charge in [-0.2, -0.15) is 0 Å². The first kappa shape index (κ1) is 41.5. The maximum atomic E-state index is 5.79. The third-order valence-electron chi connectivity index (χ3n) is 13.8. The topological polar surface area (TPSA) is 51.4 Å². The first-order valence-corrected chi connectivity index (χ1v) is 23.7. The number of nitrogens with zero attached hydrogens (tertiary/aromatic N) is 4. The van der Waals surface area contributed by atoms with Crippen molar-refractivity contribution in [2.24, 2.45) is 0 Å². The normalized spacial score (nSPS) is 12.4. The molecule has 4 heterocycles. The third kappa shape index (κ3) is 6.74. The van der Waals surface area contributed by atoms with Crippen molar-refractivity contribution in [2.75, 3.05) is 0 Å². The van der Waals surface area contributed by atoms with Crippen molar-refractivity contribution in [3.63, 3.8) is 0 Å². The van der Waals surface area contributed by atoms with Crippen molar-refractivity contribution >= 4 is 54.6 Å². The molecule has 5 heteroatoms. The van der Waals surface area contributed by atoms with Crippen LogP contribution in [0, 0.1) is 0 Å². The number of H-pyrrole nitrogens is 1. The van der Waals surface area contributed by atoms with Crippen LogP contribution in [0.1, 0.15) is 102 Å². The Bertz CT molecular complexity index is 3650. The Morgan fingerprint density at radius 2 is 1.29 bits per heavy atom. The van der Waals surface area contributed by atoms with Crippen LogP contribution in [0.4, 0.5) is 0 Å². The largest absolute Gasteiger partial charge is 0.354 e. The minimum absolute atomic E-state index is 0.0169. The van der Waals surface area contributed by atoms with Gasteiger partial charge in [0.2, 0.25) is 0 Å². The maximum Gasteiger partial charge on any atom is 0.147 e. The van der Waals surface area contributed by atoms with Crippen LogP contribution in [0.15, 0.2) is 158 Å². The first-order chi connectivity index (χ1) is 31.9. The lowest BCUT2D eigenvalue weighted by Gasteiger charge is -2.21. The van der Waals surface area contributed by atoms with E-state index in [1.54, 1.807) is 0 Å². The highest BCUT2D eigenvalue weighted by Crippen LogP contribution is 2.46. The number of pyridine rings is 1. The van der Waals surface area contributed by atoms with Crippen LogP contribution in [0.2, 0.25) is 0 Å². The quantitative estimate of drug-likeness (QED) is 0.165. The molecule has 1 N–H and O–H groups in total. The van der Waals surface area contributed by atoms with Crippen molar-refractivity contribution < 1.29 is 0 Å². The van der Waals surface area contributed by atoms with E-state index < -0.39 is 0 Å². The number of aromatic nitrogens is 5. The monoisotopic (exact) mass is 859 g/mol. The zero-order valence-corrected chi connectivity index (χ0v) is 39.5. The summed E-state index contributed by atoms with van der Waals surface area (Å²) in [6.45, 7) is 20.7. The molecule has 4 aromatic heterocycles. The molecular formula is C61H57N5. The Kier molecular flexibility index (Phi) is 9.88. The minimum Gasteiger partial charge on any atom is -0.354 e. The fraction of sp³-hybridized carbons (Fsp3) is 0.213. The van der Waals surface area contributed by atoms with Crippen molar-refractivity contribution in [1.82, 2.24) is 24.1 Å². The van der Waals surface area contributed by atoms with Crippen molar-refractivity contribution in [2.45, 2.75) is 85.5 Å². The highest BCUT2D eigenvalue weighted by atomic mass is 15.1. The Labute approximate surface area is 387 Å². The van der Waals surface area contributed by atoms with Crippen LogP contribution >= 0.6 is 0 Å². The fourth-order valence-corrected chi connectivity index (χ4v) is 10.4. The summed E-state index contributed by atoms with van der Waals surface area (Å²) in [6, 6.07) is 55.7. The summed E-state index contributed by atoms with van der Waals surface area (Å²) in [5.41, 5.74) is 18.7. The number of imidazole rings is 1. The standard InChI is InChI=1S/C61H57N5/c1-36(2)40-29-30-62-55(33-40)66-52-28-24-41(39-17-12-10-13-18-39)31-48(52)46-26-23-42(32-54(46)66)45-21-16-22-53-58(45)64-60(65(53)44-19-14-11-15-20-44)50-35-47(37(3)4)56(38(5)6)57-49-34-43(61(7,8)9)25-27-51(49)63-59(50)57/h10-38,63H,1-9H3. The van der Waals surface area contributed by atoms with E-state index in [-0.39, 0.29) is 5.41 Å². The Morgan fingerprint density at radius 1 is 0.530 bits per heavy atom. The summed E-state index contributed by atoms with van der Waals surface area (Å²) in [7, 11) is 0. The van der Waals surface area contributed by atoms with E-state index in [1.165, 1.54) is 54.9 Å². The van der Waals surface area contributed by atoms with Crippen LogP contribution in [0.5, 0.6) is 0 Å². The third-order valence-corrected chi connectivity index (χ3v) is 13.8. The van der Waals surface area contributed by atoms with Crippen molar-refractivity contribution in [1.29, 1.82) is 0 Å². The van der Waals surface area contributed by atoms with Gasteiger partial charge >= 0.3 is 0 Å². The SMILES string of the molecule is CC(C)c1ccnc(-n2c3ccc(-c4ccccc4)cc3c3ccc(-c4cccc5c4nc(-c4cc(C(C)C)c(C(C)C)c6c4[nH]c4ccc(C(C)(C)C)cc46)n5-c4ccccc4)cc32)c1. The minimum atomic E-state index is 0.0169. The van der Waals surface area contributed by atoms with E-state index in [9.17, 15) is 0 Å². The zero-order valence-electron chi connectivity index (χ0n) is 39.5. The molecule has 0 aliphatic rings. The molecule has 0 fully saturated rings. The van der Waals surface area contributed by atoms with Crippen LogP contribution < -0.4 is 0 Å². The maximum absolute atomic E-state index is 5.79. The van der Waals surface area contributed by atoms with E-state index in [4.69, 9.17) is 9.97 Å².